The summed E-state index contributed by atoms with van der Waals surface area (Å²) in [5.41, 5.74) is 1.26. The number of thiazole rings is 1. The number of aromatic nitrogens is 5. The molecule has 30 heavy (non-hydrogen) atoms. The Morgan fingerprint density at radius 2 is 2.30 bits per heavy atom. The van der Waals surface area contributed by atoms with Gasteiger partial charge in [0.05, 0.1) is 12.4 Å². The maximum Gasteiger partial charge on any atom is 0.232 e. The number of tetrazole rings is 1. The molecule has 2 N–H and O–H groups in total. The fourth-order valence-corrected chi connectivity index (χ4v) is 4.49. The van der Waals surface area contributed by atoms with Crippen molar-refractivity contribution in [2.24, 2.45) is 0 Å². The number of carbonyl (C=O) groups excluding carboxylic acids is 1. The monoisotopic (exact) mass is 453 g/mol. The first-order valence-corrected chi connectivity index (χ1v) is 10.8. The number of ether oxygens (including phenoxy) is 1. The Labute approximate surface area is 178 Å². The van der Waals surface area contributed by atoms with E-state index < -0.39 is 17.9 Å². The molecule has 13 heteroatoms. The van der Waals surface area contributed by atoms with Crippen molar-refractivity contribution in [3.63, 3.8) is 0 Å². The minimum Gasteiger partial charge on any atom is -0.356 e. The summed E-state index contributed by atoms with van der Waals surface area (Å²) in [5, 5.41) is 18.2. The zero-order valence-corrected chi connectivity index (χ0v) is 17.2. The number of amides is 1. The van der Waals surface area contributed by atoms with Crippen LogP contribution >= 0.6 is 23.1 Å². The van der Waals surface area contributed by atoms with Crippen molar-refractivity contribution in [2.45, 2.75) is 17.1 Å². The average Bonchev–Trinajstić information content (AvgIpc) is 3.41. The maximum absolute atomic E-state index is 13.4. The average molecular weight is 454 g/mol. The smallest absolute Gasteiger partial charge is 0.232 e. The van der Waals surface area contributed by atoms with Gasteiger partial charge in [-0.15, -0.1) is 21.5 Å². The summed E-state index contributed by atoms with van der Waals surface area (Å²) in [6.07, 6.45) is -0.469. The molecule has 0 aliphatic carbocycles. The molecule has 158 valence electrons. The molecule has 9 nitrogen and oxygen atoms in total. The molecule has 0 saturated carbocycles. The van der Waals surface area contributed by atoms with Crippen LogP contribution in [0.3, 0.4) is 0 Å². The van der Waals surface area contributed by atoms with Crippen LogP contribution in [0, 0.1) is 11.6 Å². The Balaban J connectivity index is 1.24. The van der Waals surface area contributed by atoms with Crippen molar-refractivity contribution < 1.29 is 18.3 Å². The molecule has 0 spiro atoms. The van der Waals surface area contributed by atoms with Crippen LogP contribution in [0.1, 0.15) is 5.56 Å². The summed E-state index contributed by atoms with van der Waals surface area (Å²) < 4.78 is 32.8. The Bertz CT molecular complexity index is 1000. The molecule has 1 aromatic carbocycles. The van der Waals surface area contributed by atoms with Gasteiger partial charge in [0, 0.05) is 25.0 Å². The molecule has 1 aliphatic heterocycles. The summed E-state index contributed by atoms with van der Waals surface area (Å²) >= 11 is 2.70. The van der Waals surface area contributed by atoms with Crippen LogP contribution in [0.2, 0.25) is 0 Å². The molecule has 4 rings (SSSR count). The van der Waals surface area contributed by atoms with Gasteiger partial charge in [0.2, 0.25) is 11.7 Å². The highest BCUT2D eigenvalue weighted by atomic mass is 32.2. The lowest BCUT2D eigenvalue weighted by molar-refractivity contribution is -0.126. The third kappa shape index (κ3) is 5.36. The van der Waals surface area contributed by atoms with E-state index >= 15 is 0 Å². The van der Waals surface area contributed by atoms with Crippen molar-refractivity contribution >= 4 is 29.0 Å². The second kappa shape index (κ2) is 9.55. The number of benzene rings is 1. The van der Waals surface area contributed by atoms with Gasteiger partial charge in [-0.25, -0.2) is 13.8 Å². The molecule has 3 aromatic rings. The van der Waals surface area contributed by atoms with E-state index in [2.05, 4.69) is 30.9 Å². The number of thioether (sulfide) groups is 1. The number of halogens is 2. The summed E-state index contributed by atoms with van der Waals surface area (Å²) in [6.45, 7) is 1.97. The van der Waals surface area contributed by atoms with Gasteiger partial charge in [-0.2, -0.15) is 5.21 Å². The van der Waals surface area contributed by atoms with E-state index in [-0.39, 0.29) is 11.7 Å². The zero-order chi connectivity index (χ0) is 20.9. The van der Waals surface area contributed by atoms with Crippen molar-refractivity contribution in [1.82, 2.24) is 35.8 Å². The second-order valence-electron chi connectivity index (χ2n) is 6.43. The minimum absolute atomic E-state index is 0.183. The molecular formula is C17H17F2N7O2S2. The van der Waals surface area contributed by atoms with Crippen LogP contribution in [0.4, 0.5) is 8.78 Å². The first-order chi connectivity index (χ1) is 14.6. The van der Waals surface area contributed by atoms with Crippen LogP contribution in [-0.2, 0) is 16.1 Å². The first kappa shape index (κ1) is 20.8. The minimum atomic E-state index is -0.868. The van der Waals surface area contributed by atoms with E-state index in [9.17, 15) is 13.6 Å². The molecule has 1 saturated heterocycles. The van der Waals surface area contributed by atoms with Crippen molar-refractivity contribution in [3.05, 3.63) is 40.8 Å². The number of nitrogens with zero attached hydrogens (tertiary/aromatic N) is 5. The normalized spacial score (nSPS) is 17.2. The van der Waals surface area contributed by atoms with Gasteiger partial charge in [-0.05, 0) is 22.9 Å². The van der Waals surface area contributed by atoms with E-state index in [0.717, 1.165) is 10.4 Å². The molecule has 0 unspecified atom stereocenters. The number of morpholine rings is 1. The lowest BCUT2D eigenvalue weighted by atomic mass is 10.2. The number of hydrogen-bond donors (Lipinski definition) is 2. The number of nitrogens with one attached hydrogen (secondary N) is 2. The third-order valence-corrected chi connectivity index (χ3v) is 6.27. The number of hydrogen-bond acceptors (Lipinski definition) is 9. The van der Waals surface area contributed by atoms with Crippen LogP contribution in [0.5, 0.6) is 0 Å². The molecular weight excluding hydrogens is 436 g/mol. The van der Waals surface area contributed by atoms with E-state index in [0.29, 0.717) is 43.3 Å². The molecule has 2 aromatic heterocycles. The molecule has 1 amide bonds. The summed E-state index contributed by atoms with van der Waals surface area (Å²) in [7, 11) is 0. The lowest BCUT2D eigenvalue weighted by Crippen LogP contribution is -2.50. The first-order valence-electron chi connectivity index (χ1n) is 8.96. The molecule has 0 bridgehead atoms. The molecule has 1 atom stereocenters. The van der Waals surface area contributed by atoms with Crippen LogP contribution in [0.25, 0.3) is 11.5 Å². The molecule has 3 heterocycles. The van der Waals surface area contributed by atoms with Gasteiger partial charge in [-0.1, -0.05) is 17.8 Å². The summed E-state index contributed by atoms with van der Waals surface area (Å²) in [6, 6.07) is 3.85. The number of aromatic amines is 1. The summed E-state index contributed by atoms with van der Waals surface area (Å²) in [5.74, 6) is -1.34. The van der Waals surface area contributed by atoms with Gasteiger partial charge in [0.15, 0.2) is 16.0 Å². The highest BCUT2D eigenvalue weighted by molar-refractivity contribution is 8.01. The van der Waals surface area contributed by atoms with E-state index in [1.165, 1.54) is 29.2 Å². The van der Waals surface area contributed by atoms with Crippen LogP contribution in [0.15, 0.2) is 27.9 Å². The van der Waals surface area contributed by atoms with E-state index in [4.69, 9.17) is 4.74 Å². The van der Waals surface area contributed by atoms with Gasteiger partial charge in [0.1, 0.15) is 11.9 Å². The SMILES string of the molecule is O=C(CSc1nc(-c2nn[nH]n2)cs1)N[C@H]1CN(Cc2ccc(F)c(F)c2)CCO1. The van der Waals surface area contributed by atoms with E-state index in [1.54, 1.807) is 11.4 Å². The van der Waals surface area contributed by atoms with Crippen LogP contribution in [-0.4, -0.2) is 68.1 Å². The lowest BCUT2D eigenvalue weighted by Gasteiger charge is -2.33. The standard InChI is InChI=1S/C17H17F2N7O2S2/c18-11-2-1-10(5-12(11)19)6-26-3-4-28-15(7-26)21-14(27)9-30-17-20-13(8-29-17)16-22-24-25-23-16/h1-2,5,8,15H,3-4,6-7,9H2,(H,21,27)(H,22,23,24,25)/t15-/m1/s1. The largest absolute Gasteiger partial charge is 0.356 e. The molecule has 0 radical (unpaired) electrons. The number of H-pyrrole nitrogens is 1. The highest BCUT2D eigenvalue weighted by Gasteiger charge is 2.22. The van der Waals surface area contributed by atoms with Gasteiger partial charge >= 0.3 is 0 Å². The second-order valence-corrected chi connectivity index (χ2v) is 8.51. The maximum atomic E-state index is 13.4. The summed E-state index contributed by atoms with van der Waals surface area (Å²) in [4.78, 5) is 18.7. The predicted octanol–water partition coefficient (Wildman–Crippen LogP) is 1.67. The van der Waals surface area contributed by atoms with E-state index in [1.807, 2.05) is 4.90 Å². The van der Waals surface area contributed by atoms with Crippen molar-refractivity contribution in [1.29, 1.82) is 0 Å². The predicted molar refractivity (Wildman–Crippen MR) is 106 cm³/mol. The number of rotatable bonds is 7. The van der Waals surface area contributed by atoms with Crippen molar-refractivity contribution in [2.75, 3.05) is 25.4 Å². The fraction of sp³-hybridized carbons (Fsp3) is 0.353. The Morgan fingerprint density at radius 3 is 3.10 bits per heavy atom. The van der Waals surface area contributed by atoms with Gasteiger partial charge in [0.25, 0.3) is 0 Å². The third-order valence-electron chi connectivity index (χ3n) is 4.25. The zero-order valence-electron chi connectivity index (χ0n) is 15.5. The highest BCUT2D eigenvalue weighted by Crippen LogP contribution is 2.26. The van der Waals surface area contributed by atoms with Gasteiger partial charge < -0.3 is 10.1 Å². The Kier molecular flexibility index (Phi) is 6.62. The van der Waals surface area contributed by atoms with Crippen molar-refractivity contribution in [3.8, 4) is 11.5 Å². The molecule has 1 aliphatic rings. The topological polar surface area (TPSA) is 109 Å². The number of carbonyl (C=O) groups is 1. The fourth-order valence-electron chi connectivity index (χ4n) is 2.87. The van der Waals surface area contributed by atoms with Crippen LogP contribution < -0.4 is 5.32 Å². The molecule has 1 fully saturated rings. The van der Waals surface area contributed by atoms with Gasteiger partial charge in [-0.3, -0.25) is 9.69 Å². The Hall–Kier alpha value is -2.48. The Morgan fingerprint density at radius 1 is 1.40 bits per heavy atom. The quantitative estimate of drug-likeness (QED) is 0.520.